The molecule has 0 saturated carbocycles. The summed E-state index contributed by atoms with van der Waals surface area (Å²) in [5, 5.41) is 11.6. The topological polar surface area (TPSA) is 63.4 Å². The molecule has 0 aliphatic carbocycles. The summed E-state index contributed by atoms with van der Waals surface area (Å²) in [6, 6.07) is 9.09. The Balaban J connectivity index is 1.27. The molecule has 6 heteroatoms. The minimum absolute atomic E-state index is 0.143. The number of ether oxygens (including phenoxy) is 1. The molecule has 3 fully saturated rings. The maximum atomic E-state index is 6.10. The number of rotatable bonds is 3. The predicted molar refractivity (Wildman–Crippen MR) is 98.0 cm³/mol. The van der Waals surface area contributed by atoms with E-state index in [1.807, 2.05) is 6.92 Å². The largest absolute Gasteiger partial charge is 0.421 e. The van der Waals surface area contributed by atoms with Crippen LogP contribution in [0.4, 0.5) is 0 Å². The number of aromatic nitrogens is 2. The Kier molecular flexibility index (Phi) is 4.07. The molecule has 3 saturated heterocycles. The maximum Gasteiger partial charge on any atom is 0.248 e. The summed E-state index contributed by atoms with van der Waals surface area (Å²) in [6.45, 7) is 7.06. The number of nitrogens with zero attached hydrogens (tertiary/aromatic N) is 3. The van der Waals surface area contributed by atoms with E-state index in [1.165, 1.54) is 24.8 Å². The fraction of sp³-hybridized carbons (Fsp3) is 0.600. The van der Waals surface area contributed by atoms with Crippen molar-refractivity contribution in [3.63, 3.8) is 0 Å². The third-order valence-electron chi connectivity index (χ3n) is 6.29. The average molecular weight is 354 g/mol. The van der Waals surface area contributed by atoms with E-state index in [2.05, 4.69) is 44.7 Å². The van der Waals surface area contributed by atoms with Crippen molar-refractivity contribution in [3.05, 3.63) is 35.7 Å². The number of aryl methyl sites for hydroxylation is 1. The summed E-state index contributed by atoms with van der Waals surface area (Å²) in [4.78, 5) is 2.64. The Hall–Kier alpha value is -1.76. The van der Waals surface area contributed by atoms with E-state index in [4.69, 9.17) is 9.15 Å². The van der Waals surface area contributed by atoms with Crippen molar-refractivity contribution in [2.24, 2.45) is 0 Å². The molecule has 1 N–H and O–H groups in total. The molecular weight excluding hydrogens is 328 g/mol. The molecule has 6 nitrogen and oxygen atoms in total. The molecule has 1 aromatic heterocycles. The quantitative estimate of drug-likeness (QED) is 0.913. The molecule has 5 rings (SSSR count). The standard InChI is InChI=1S/C20H26N4O2/c1-14-22-23-19(26-14)18-5-3-2-4-17(18)15-6-8-24(9-7-15)16-10-20(25-11-16)12-21-13-20/h2-5,15-16,21H,6-13H2,1H3/t16-/m0/s1. The van der Waals surface area contributed by atoms with Crippen LogP contribution in [0, 0.1) is 6.92 Å². The fourth-order valence-electron chi connectivity index (χ4n) is 4.73. The van der Waals surface area contributed by atoms with Gasteiger partial charge in [0.15, 0.2) is 0 Å². The summed E-state index contributed by atoms with van der Waals surface area (Å²) in [7, 11) is 0. The van der Waals surface area contributed by atoms with Crippen molar-refractivity contribution in [2.45, 2.75) is 43.7 Å². The van der Waals surface area contributed by atoms with Gasteiger partial charge < -0.3 is 14.5 Å². The summed E-state index contributed by atoms with van der Waals surface area (Å²) in [6.07, 6.45) is 3.53. The lowest BCUT2D eigenvalue weighted by Gasteiger charge is -2.40. The number of benzene rings is 1. The minimum Gasteiger partial charge on any atom is -0.421 e. The van der Waals surface area contributed by atoms with Gasteiger partial charge in [0.05, 0.1) is 12.2 Å². The van der Waals surface area contributed by atoms with Gasteiger partial charge in [-0.15, -0.1) is 10.2 Å². The highest BCUT2D eigenvalue weighted by atomic mass is 16.5. The van der Waals surface area contributed by atoms with Gasteiger partial charge in [-0.2, -0.15) is 0 Å². The molecule has 138 valence electrons. The smallest absolute Gasteiger partial charge is 0.248 e. The van der Waals surface area contributed by atoms with Gasteiger partial charge in [0, 0.05) is 31.6 Å². The zero-order chi connectivity index (χ0) is 17.6. The lowest BCUT2D eigenvalue weighted by atomic mass is 9.85. The summed E-state index contributed by atoms with van der Waals surface area (Å²) >= 11 is 0. The van der Waals surface area contributed by atoms with Gasteiger partial charge in [0.2, 0.25) is 11.8 Å². The molecule has 3 aliphatic heterocycles. The van der Waals surface area contributed by atoms with E-state index in [9.17, 15) is 0 Å². The molecule has 26 heavy (non-hydrogen) atoms. The van der Waals surface area contributed by atoms with Gasteiger partial charge in [-0.05, 0) is 49.9 Å². The van der Waals surface area contributed by atoms with Crippen molar-refractivity contribution in [2.75, 3.05) is 32.8 Å². The van der Waals surface area contributed by atoms with Gasteiger partial charge >= 0.3 is 0 Å². The van der Waals surface area contributed by atoms with E-state index in [0.717, 1.165) is 38.3 Å². The molecule has 3 aliphatic rings. The molecule has 4 heterocycles. The average Bonchev–Trinajstić information content (AvgIpc) is 3.29. The van der Waals surface area contributed by atoms with E-state index in [-0.39, 0.29) is 5.60 Å². The van der Waals surface area contributed by atoms with Crippen molar-refractivity contribution >= 4 is 0 Å². The first-order valence-corrected chi connectivity index (χ1v) is 9.71. The lowest BCUT2D eigenvalue weighted by Crippen LogP contribution is -2.59. The predicted octanol–water partition coefficient (Wildman–Crippen LogP) is 2.36. The van der Waals surface area contributed by atoms with Crippen molar-refractivity contribution in [3.8, 4) is 11.5 Å². The van der Waals surface area contributed by atoms with E-state index >= 15 is 0 Å². The van der Waals surface area contributed by atoms with Crippen LogP contribution in [0.2, 0.25) is 0 Å². The SMILES string of the molecule is Cc1nnc(-c2ccccc2C2CCN([C@@H]3COC4(CNC4)C3)CC2)o1. The number of piperidine rings is 1. The number of nitrogens with one attached hydrogen (secondary N) is 1. The second-order valence-corrected chi connectivity index (χ2v) is 7.98. The molecule has 1 spiro atoms. The molecule has 0 bridgehead atoms. The van der Waals surface area contributed by atoms with E-state index in [0.29, 0.717) is 23.7 Å². The normalized spacial score (nSPS) is 26.3. The third-order valence-corrected chi connectivity index (χ3v) is 6.29. The second kappa shape index (κ2) is 6.44. The minimum atomic E-state index is 0.143. The monoisotopic (exact) mass is 354 g/mol. The summed E-state index contributed by atoms with van der Waals surface area (Å²) < 4.78 is 11.8. The van der Waals surface area contributed by atoms with Gasteiger partial charge in [-0.1, -0.05) is 18.2 Å². The van der Waals surface area contributed by atoms with E-state index in [1.54, 1.807) is 0 Å². The first kappa shape index (κ1) is 16.4. The highest BCUT2D eigenvalue weighted by molar-refractivity contribution is 5.59. The molecular formula is C20H26N4O2. The number of likely N-dealkylation sites (tertiary alicyclic amines) is 1. The van der Waals surface area contributed by atoms with Gasteiger partial charge in [-0.25, -0.2) is 0 Å². The Morgan fingerprint density at radius 1 is 1.15 bits per heavy atom. The van der Waals surface area contributed by atoms with Crippen LogP contribution in [-0.4, -0.2) is 59.5 Å². The Labute approximate surface area is 153 Å². The van der Waals surface area contributed by atoms with Crippen molar-refractivity contribution < 1.29 is 9.15 Å². The van der Waals surface area contributed by atoms with Crippen molar-refractivity contribution in [1.82, 2.24) is 20.4 Å². The Morgan fingerprint density at radius 2 is 1.96 bits per heavy atom. The van der Waals surface area contributed by atoms with Crippen LogP contribution in [0.3, 0.4) is 0 Å². The van der Waals surface area contributed by atoms with Gasteiger partial charge in [0.25, 0.3) is 0 Å². The summed E-state index contributed by atoms with van der Waals surface area (Å²) in [5.74, 6) is 1.81. The van der Waals surface area contributed by atoms with Crippen LogP contribution in [0.15, 0.2) is 28.7 Å². The van der Waals surface area contributed by atoms with Crippen LogP contribution in [0.5, 0.6) is 0 Å². The van der Waals surface area contributed by atoms with Crippen LogP contribution in [-0.2, 0) is 4.74 Å². The molecule has 0 amide bonds. The maximum absolute atomic E-state index is 6.10. The van der Waals surface area contributed by atoms with Crippen LogP contribution in [0.1, 0.15) is 36.6 Å². The van der Waals surface area contributed by atoms with Crippen LogP contribution >= 0.6 is 0 Å². The lowest BCUT2D eigenvalue weighted by molar-refractivity contribution is -0.0367. The molecule has 0 radical (unpaired) electrons. The highest BCUT2D eigenvalue weighted by Crippen LogP contribution is 2.38. The number of hydrogen-bond acceptors (Lipinski definition) is 6. The molecule has 0 unspecified atom stereocenters. The second-order valence-electron chi connectivity index (χ2n) is 7.98. The van der Waals surface area contributed by atoms with Crippen LogP contribution < -0.4 is 5.32 Å². The molecule has 1 aromatic carbocycles. The first-order valence-electron chi connectivity index (χ1n) is 9.71. The van der Waals surface area contributed by atoms with E-state index < -0.39 is 0 Å². The molecule has 2 aromatic rings. The zero-order valence-corrected chi connectivity index (χ0v) is 15.3. The van der Waals surface area contributed by atoms with Gasteiger partial charge in [-0.3, -0.25) is 4.90 Å². The first-order chi connectivity index (χ1) is 12.7. The fourth-order valence-corrected chi connectivity index (χ4v) is 4.73. The Morgan fingerprint density at radius 3 is 2.62 bits per heavy atom. The number of hydrogen-bond donors (Lipinski definition) is 1. The molecule has 1 atom stereocenters. The third kappa shape index (κ3) is 2.86. The van der Waals surface area contributed by atoms with Crippen molar-refractivity contribution in [1.29, 1.82) is 0 Å². The summed E-state index contributed by atoms with van der Waals surface area (Å²) in [5.41, 5.74) is 2.58. The van der Waals surface area contributed by atoms with Crippen LogP contribution in [0.25, 0.3) is 11.5 Å². The van der Waals surface area contributed by atoms with Gasteiger partial charge in [0.1, 0.15) is 0 Å². The highest BCUT2D eigenvalue weighted by Gasteiger charge is 2.47. The zero-order valence-electron chi connectivity index (χ0n) is 15.3. The Bertz CT molecular complexity index is 778.